The fourth-order valence-corrected chi connectivity index (χ4v) is 5.54. The van der Waals surface area contributed by atoms with Gasteiger partial charge < -0.3 is 9.47 Å². The highest BCUT2D eigenvalue weighted by Crippen LogP contribution is 2.16. The van der Waals surface area contributed by atoms with E-state index in [9.17, 15) is 10.5 Å². The standard InChI is InChI=1S/C52H36N2O2/c53-39-49-19-9-7-17-47(49)31-29-45-15-5-3-13-43(45)27-21-41-23-33-51(34-24-41)55-37-11-1-2-12-38-56-52-35-25-42(26-36-52)22-28-44-14-4-6-16-46(44)30-32-48-18-8-10-20-50(48)40-54/h3-10,13-20,23-26,33-36H,1-2,11-12,37-38H2. The minimum absolute atomic E-state index is 0.558. The summed E-state index contributed by atoms with van der Waals surface area (Å²) in [6.07, 6.45) is 4.05. The van der Waals surface area contributed by atoms with E-state index in [0.717, 1.165) is 70.6 Å². The molecule has 0 heterocycles. The van der Waals surface area contributed by atoms with Gasteiger partial charge in [0.2, 0.25) is 0 Å². The number of nitriles is 2. The smallest absolute Gasteiger partial charge is 0.119 e. The summed E-state index contributed by atoms with van der Waals surface area (Å²) in [4.78, 5) is 0. The molecule has 4 heteroatoms. The quantitative estimate of drug-likeness (QED) is 0.110. The lowest BCUT2D eigenvalue weighted by Crippen LogP contribution is -2.00. The van der Waals surface area contributed by atoms with Crippen LogP contribution in [0.2, 0.25) is 0 Å². The monoisotopic (exact) mass is 720 g/mol. The van der Waals surface area contributed by atoms with E-state index in [1.165, 1.54) is 0 Å². The molecule has 56 heavy (non-hydrogen) atoms. The molecule has 0 saturated heterocycles. The van der Waals surface area contributed by atoms with E-state index in [1.807, 2.05) is 133 Å². The highest BCUT2D eigenvalue weighted by molar-refractivity contribution is 5.58. The van der Waals surface area contributed by atoms with Gasteiger partial charge in [0.15, 0.2) is 0 Å². The Labute approximate surface area is 330 Å². The third kappa shape index (κ3) is 11.3. The lowest BCUT2D eigenvalue weighted by molar-refractivity contribution is 0.287. The fraction of sp³-hybridized carbons (Fsp3) is 0.115. The van der Waals surface area contributed by atoms with E-state index in [4.69, 9.17) is 9.47 Å². The lowest BCUT2D eigenvalue weighted by atomic mass is 10.1. The van der Waals surface area contributed by atoms with Gasteiger partial charge in [0.25, 0.3) is 0 Å². The van der Waals surface area contributed by atoms with E-state index in [1.54, 1.807) is 12.1 Å². The minimum Gasteiger partial charge on any atom is -0.494 e. The third-order valence-electron chi connectivity index (χ3n) is 8.58. The van der Waals surface area contributed by atoms with Gasteiger partial charge in [-0.05, 0) is 123 Å². The number of rotatable bonds is 9. The first-order valence-electron chi connectivity index (χ1n) is 18.4. The molecule has 4 nitrogen and oxygen atoms in total. The first-order valence-corrected chi connectivity index (χ1v) is 18.4. The van der Waals surface area contributed by atoms with Gasteiger partial charge in [-0.2, -0.15) is 10.5 Å². The maximum absolute atomic E-state index is 9.35. The molecule has 0 spiro atoms. The molecule has 0 aliphatic rings. The van der Waals surface area contributed by atoms with Crippen molar-refractivity contribution in [2.45, 2.75) is 25.7 Å². The van der Waals surface area contributed by atoms with Crippen LogP contribution < -0.4 is 9.47 Å². The second kappa shape index (κ2) is 20.4. The molecule has 0 N–H and O–H groups in total. The Morgan fingerprint density at radius 2 is 0.571 bits per heavy atom. The van der Waals surface area contributed by atoms with Crippen molar-refractivity contribution in [1.29, 1.82) is 10.5 Å². The van der Waals surface area contributed by atoms with Gasteiger partial charge in [0.1, 0.15) is 23.6 Å². The highest BCUT2D eigenvalue weighted by atomic mass is 16.5. The van der Waals surface area contributed by atoms with Crippen molar-refractivity contribution in [1.82, 2.24) is 0 Å². The molecule has 0 amide bonds. The topological polar surface area (TPSA) is 66.0 Å². The zero-order valence-electron chi connectivity index (χ0n) is 30.8. The Balaban J connectivity index is 0.894. The van der Waals surface area contributed by atoms with E-state index in [0.29, 0.717) is 35.5 Å². The number of unbranched alkanes of at least 4 members (excludes halogenated alkanes) is 3. The first kappa shape index (κ1) is 37.9. The zero-order valence-corrected chi connectivity index (χ0v) is 30.8. The number of ether oxygens (including phenoxy) is 2. The van der Waals surface area contributed by atoms with Crippen LogP contribution in [0.4, 0.5) is 0 Å². The fourth-order valence-electron chi connectivity index (χ4n) is 5.54. The van der Waals surface area contributed by atoms with Crippen molar-refractivity contribution < 1.29 is 9.47 Å². The molecule has 0 aromatic heterocycles. The molecule has 0 aliphatic heterocycles. The summed E-state index contributed by atoms with van der Waals surface area (Å²) < 4.78 is 11.9. The first-order chi connectivity index (χ1) is 27.7. The van der Waals surface area contributed by atoms with Gasteiger partial charge in [-0.15, -0.1) is 0 Å². The Bertz CT molecular complexity index is 2440. The molecule has 266 valence electrons. The molecule has 0 bridgehead atoms. The van der Waals surface area contributed by atoms with Crippen LogP contribution in [0.25, 0.3) is 0 Å². The average molecular weight is 721 g/mol. The van der Waals surface area contributed by atoms with Crippen molar-refractivity contribution in [2.75, 3.05) is 13.2 Å². The SMILES string of the molecule is N#Cc1ccccc1C#Cc1ccccc1C#Cc1ccc(OCCCCCCOc2ccc(C#Cc3ccccc3C#Cc3ccccc3C#N)cc2)cc1. The van der Waals surface area contributed by atoms with Gasteiger partial charge in [-0.1, -0.05) is 95.9 Å². The molecule has 0 unspecified atom stereocenters. The summed E-state index contributed by atoms with van der Waals surface area (Å²) in [7, 11) is 0. The summed E-state index contributed by atoms with van der Waals surface area (Å²) in [6, 6.07) is 50.2. The maximum atomic E-state index is 9.35. The Morgan fingerprint density at radius 1 is 0.304 bits per heavy atom. The predicted octanol–water partition coefficient (Wildman–Crippen LogP) is 10.0. The minimum atomic E-state index is 0.558. The van der Waals surface area contributed by atoms with Crippen LogP contribution in [0.15, 0.2) is 146 Å². The summed E-state index contributed by atoms with van der Waals surface area (Å²) in [5, 5.41) is 18.7. The van der Waals surface area contributed by atoms with Gasteiger partial charge in [0.05, 0.1) is 24.3 Å². The number of nitrogens with zero attached hydrogens (tertiary/aromatic N) is 2. The van der Waals surface area contributed by atoms with E-state index in [-0.39, 0.29) is 0 Å². The van der Waals surface area contributed by atoms with Crippen LogP contribution in [0.5, 0.6) is 11.5 Å². The second-order valence-corrected chi connectivity index (χ2v) is 12.6. The van der Waals surface area contributed by atoms with Crippen molar-refractivity contribution >= 4 is 0 Å². The molecular weight excluding hydrogens is 685 g/mol. The number of hydrogen-bond donors (Lipinski definition) is 0. The lowest BCUT2D eigenvalue weighted by Gasteiger charge is -2.07. The second-order valence-electron chi connectivity index (χ2n) is 12.6. The van der Waals surface area contributed by atoms with Gasteiger partial charge in [-0.25, -0.2) is 0 Å². The van der Waals surface area contributed by atoms with Gasteiger partial charge >= 0.3 is 0 Å². The van der Waals surface area contributed by atoms with Crippen LogP contribution in [0.1, 0.15) is 81.3 Å². The normalized spacial score (nSPS) is 9.61. The van der Waals surface area contributed by atoms with Crippen LogP contribution in [0, 0.1) is 70.0 Å². The molecule has 0 aliphatic carbocycles. The van der Waals surface area contributed by atoms with Crippen LogP contribution in [0.3, 0.4) is 0 Å². The Kier molecular flexibility index (Phi) is 13.8. The zero-order chi connectivity index (χ0) is 38.6. The Morgan fingerprint density at radius 3 is 0.875 bits per heavy atom. The van der Waals surface area contributed by atoms with Crippen LogP contribution in [-0.4, -0.2) is 13.2 Å². The summed E-state index contributed by atoms with van der Waals surface area (Å²) in [5.41, 5.74) is 7.60. The Hall–Kier alpha value is -7.86. The molecule has 0 atom stereocenters. The van der Waals surface area contributed by atoms with Crippen molar-refractivity contribution in [3.8, 4) is 71.0 Å². The summed E-state index contributed by atoms with van der Waals surface area (Å²) in [5.74, 6) is 27.2. The highest BCUT2D eigenvalue weighted by Gasteiger charge is 2.02. The van der Waals surface area contributed by atoms with Crippen molar-refractivity contribution in [3.63, 3.8) is 0 Å². The van der Waals surface area contributed by atoms with E-state index < -0.39 is 0 Å². The number of benzene rings is 6. The van der Waals surface area contributed by atoms with E-state index in [2.05, 4.69) is 59.5 Å². The van der Waals surface area contributed by atoms with Crippen LogP contribution in [-0.2, 0) is 0 Å². The molecule has 0 radical (unpaired) electrons. The van der Waals surface area contributed by atoms with Gasteiger partial charge in [0, 0.05) is 44.5 Å². The van der Waals surface area contributed by atoms with Crippen molar-refractivity contribution in [2.24, 2.45) is 0 Å². The van der Waals surface area contributed by atoms with Crippen molar-refractivity contribution in [3.05, 3.63) is 201 Å². The molecule has 0 fully saturated rings. The maximum Gasteiger partial charge on any atom is 0.119 e. The molecule has 6 aromatic rings. The van der Waals surface area contributed by atoms with E-state index >= 15 is 0 Å². The molecular formula is C52H36N2O2. The van der Waals surface area contributed by atoms with Gasteiger partial charge in [-0.3, -0.25) is 0 Å². The largest absolute Gasteiger partial charge is 0.494 e. The van der Waals surface area contributed by atoms with Crippen LogP contribution >= 0.6 is 0 Å². The number of hydrogen-bond acceptors (Lipinski definition) is 4. The summed E-state index contributed by atoms with van der Waals surface area (Å²) >= 11 is 0. The molecule has 6 rings (SSSR count). The summed E-state index contributed by atoms with van der Waals surface area (Å²) in [6.45, 7) is 1.31. The molecule has 0 saturated carbocycles. The predicted molar refractivity (Wildman–Crippen MR) is 221 cm³/mol. The third-order valence-corrected chi connectivity index (χ3v) is 8.58. The molecule has 6 aromatic carbocycles. The average Bonchev–Trinajstić information content (AvgIpc) is 3.26.